The molecule has 4 aromatic rings. The number of amides is 2. The Morgan fingerprint density at radius 1 is 0.974 bits per heavy atom. The van der Waals surface area contributed by atoms with E-state index < -0.39 is 17.1 Å². The summed E-state index contributed by atoms with van der Waals surface area (Å²) in [6.07, 6.45) is 0.560. The number of hydrogen-bond donors (Lipinski definition) is 3. The number of anilines is 2. The summed E-state index contributed by atoms with van der Waals surface area (Å²) < 4.78 is 0. The summed E-state index contributed by atoms with van der Waals surface area (Å²) >= 11 is 14.8. The first-order valence-corrected chi connectivity index (χ1v) is 13.9. The fraction of sp³-hybridized carbons (Fsp3) is 0.111. The summed E-state index contributed by atoms with van der Waals surface area (Å²) in [6, 6.07) is 18.3. The van der Waals surface area contributed by atoms with Crippen molar-refractivity contribution in [2.45, 2.75) is 23.5 Å². The lowest BCUT2D eigenvalue weighted by molar-refractivity contribution is -0.115. The standard InChI is InChI=1S/C27H21Cl2N3O4S2/c1-2-23(25(34)32-27-31-22(14-37-27)15-10-11-20(28)21(29)12-15)38-17-7-5-6-16(13-17)30-24(33)18-8-3-4-9-19(18)26(35)36/h3-14,23H,2H2,1H3,(H,30,33)(H,35,36)(H,31,32,34). The maximum Gasteiger partial charge on any atom is 0.336 e. The van der Waals surface area contributed by atoms with Gasteiger partial charge in [-0.3, -0.25) is 9.59 Å². The molecule has 2 amide bonds. The number of carbonyl (C=O) groups is 3. The molecular formula is C27H21Cl2N3O4S2. The number of aromatic carboxylic acids is 1. The molecule has 11 heteroatoms. The molecule has 1 atom stereocenters. The number of benzene rings is 3. The number of aromatic nitrogens is 1. The first-order valence-electron chi connectivity index (χ1n) is 11.4. The smallest absolute Gasteiger partial charge is 0.336 e. The van der Waals surface area contributed by atoms with Crippen LogP contribution in [0.5, 0.6) is 0 Å². The van der Waals surface area contributed by atoms with Gasteiger partial charge < -0.3 is 15.7 Å². The average molecular weight is 587 g/mol. The van der Waals surface area contributed by atoms with Crippen LogP contribution in [0.3, 0.4) is 0 Å². The van der Waals surface area contributed by atoms with E-state index in [9.17, 15) is 19.5 Å². The van der Waals surface area contributed by atoms with Crippen LogP contribution in [0.1, 0.15) is 34.1 Å². The van der Waals surface area contributed by atoms with E-state index in [2.05, 4.69) is 15.6 Å². The Balaban J connectivity index is 1.42. The van der Waals surface area contributed by atoms with E-state index in [1.165, 1.54) is 35.2 Å². The lowest BCUT2D eigenvalue weighted by Gasteiger charge is -2.14. The number of thiazole rings is 1. The molecule has 1 unspecified atom stereocenters. The molecule has 194 valence electrons. The first-order chi connectivity index (χ1) is 18.2. The molecule has 1 aromatic heterocycles. The number of carbonyl (C=O) groups excluding carboxylic acids is 2. The summed E-state index contributed by atoms with van der Waals surface area (Å²) in [5.74, 6) is -1.91. The molecule has 0 spiro atoms. The van der Waals surface area contributed by atoms with Crippen molar-refractivity contribution in [1.82, 2.24) is 4.98 Å². The molecule has 0 saturated carbocycles. The van der Waals surface area contributed by atoms with Crippen LogP contribution in [0.25, 0.3) is 11.3 Å². The summed E-state index contributed by atoms with van der Waals surface area (Å²) in [7, 11) is 0. The minimum absolute atomic E-state index is 0.0626. The van der Waals surface area contributed by atoms with Crippen LogP contribution in [0, 0.1) is 0 Å². The van der Waals surface area contributed by atoms with Gasteiger partial charge in [-0.1, -0.05) is 54.4 Å². The highest BCUT2D eigenvalue weighted by atomic mass is 35.5. The third-order valence-electron chi connectivity index (χ3n) is 5.39. The molecule has 0 saturated heterocycles. The zero-order chi connectivity index (χ0) is 27.2. The summed E-state index contributed by atoms with van der Waals surface area (Å²) in [5.41, 5.74) is 1.94. The number of nitrogens with one attached hydrogen (secondary N) is 2. The molecule has 0 radical (unpaired) electrons. The Labute approximate surface area is 237 Å². The van der Waals surface area contributed by atoms with Gasteiger partial charge in [-0.15, -0.1) is 23.1 Å². The largest absolute Gasteiger partial charge is 0.478 e. The summed E-state index contributed by atoms with van der Waals surface area (Å²) in [6.45, 7) is 1.91. The number of nitrogens with zero attached hydrogens (tertiary/aromatic N) is 1. The predicted molar refractivity (Wildman–Crippen MR) is 154 cm³/mol. The topological polar surface area (TPSA) is 108 Å². The molecule has 0 aliphatic rings. The van der Waals surface area contributed by atoms with Gasteiger partial charge in [-0.25, -0.2) is 9.78 Å². The number of carboxylic acid groups (broad SMARTS) is 1. The zero-order valence-corrected chi connectivity index (χ0v) is 23.0. The zero-order valence-electron chi connectivity index (χ0n) is 19.9. The SMILES string of the molecule is CCC(Sc1cccc(NC(=O)c2ccccc2C(=O)O)c1)C(=O)Nc1nc(-c2ccc(Cl)c(Cl)c2)cs1. The van der Waals surface area contributed by atoms with Crippen LogP contribution in [-0.2, 0) is 4.79 Å². The molecule has 3 aromatic carbocycles. The van der Waals surface area contributed by atoms with Crippen molar-refractivity contribution >= 4 is 74.9 Å². The van der Waals surface area contributed by atoms with Crippen LogP contribution in [0.15, 0.2) is 77.0 Å². The molecule has 1 heterocycles. The highest BCUT2D eigenvalue weighted by Crippen LogP contribution is 2.32. The van der Waals surface area contributed by atoms with E-state index >= 15 is 0 Å². The normalized spacial score (nSPS) is 11.6. The molecule has 0 fully saturated rings. The lowest BCUT2D eigenvalue weighted by atomic mass is 10.1. The monoisotopic (exact) mass is 585 g/mol. The third kappa shape index (κ3) is 6.73. The van der Waals surface area contributed by atoms with Crippen LogP contribution in [0.2, 0.25) is 10.0 Å². The molecule has 0 bridgehead atoms. The Morgan fingerprint density at radius 3 is 2.45 bits per heavy atom. The first kappa shape index (κ1) is 27.7. The minimum Gasteiger partial charge on any atom is -0.478 e. The number of halogens is 2. The molecule has 0 aliphatic heterocycles. The van der Waals surface area contributed by atoms with E-state index in [0.717, 1.165) is 10.5 Å². The van der Waals surface area contributed by atoms with Crippen LogP contribution in [-0.4, -0.2) is 33.1 Å². The lowest BCUT2D eigenvalue weighted by Crippen LogP contribution is -2.24. The Kier molecular flexibility index (Phi) is 9.06. The van der Waals surface area contributed by atoms with E-state index in [1.54, 1.807) is 42.5 Å². The fourth-order valence-electron chi connectivity index (χ4n) is 3.50. The van der Waals surface area contributed by atoms with E-state index in [4.69, 9.17) is 23.2 Å². The maximum absolute atomic E-state index is 13.0. The number of thioether (sulfide) groups is 1. The van der Waals surface area contributed by atoms with Crippen molar-refractivity contribution in [3.05, 3.63) is 93.3 Å². The molecule has 7 nitrogen and oxygen atoms in total. The van der Waals surface area contributed by atoms with Gasteiger partial charge in [-0.2, -0.15) is 0 Å². The average Bonchev–Trinajstić information content (AvgIpc) is 3.37. The van der Waals surface area contributed by atoms with Gasteiger partial charge in [0, 0.05) is 21.5 Å². The second-order valence-corrected chi connectivity index (χ2v) is 11.0. The molecule has 0 aliphatic carbocycles. The van der Waals surface area contributed by atoms with E-state index in [-0.39, 0.29) is 17.0 Å². The molecule has 3 N–H and O–H groups in total. The van der Waals surface area contributed by atoms with Crippen LogP contribution in [0.4, 0.5) is 10.8 Å². The van der Waals surface area contributed by atoms with Gasteiger partial charge in [0.15, 0.2) is 5.13 Å². The Hall–Kier alpha value is -3.37. The molecule has 4 rings (SSSR count). The summed E-state index contributed by atoms with van der Waals surface area (Å²) in [5, 5.41) is 17.7. The van der Waals surface area contributed by atoms with Gasteiger partial charge in [0.1, 0.15) is 0 Å². The van der Waals surface area contributed by atoms with Gasteiger partial charge in [0.05, 0.1) is 32.1 Å². The fourth-order valence-corrected chi connectivity index (χ4v) is 5.54. The Morgan fingerprint density at radius 2 is 1.74 bits per heavy atom. The van der Waals surface area contributed by atoms with Crippen molar-refractivity contribution in [3.63, 3.8) is 0 Å². The van der Waals surface area contributed by atoms with Crippen molar-refractivity contribution < 1.29 is 19.5 Å². The molecule has 38 heavy (non-hydrogen) atoms. The van der Waals surface area contributed by atoms with Crippen molar-refractivity contribution in [2.75, 3.05) is 10.6 Å². The van der Waals surface area contributed by atoms with Gasteiger partial charge >= 0.3 is 5.97 Å². The highest BCUT2D eigenvalue weighted by molar-refractivity contribution is 8.00. The maximum atomic E-state index is 13.0. The van der Waals surface area contributed by atoms with Crippen molar-refractivity contribution in [3.8, 4) is 11.3 Å². The van der Waals surface area contributed by atoms with E-state index in [1.807, 2.05) is 24.4 Å². The third-order valence-corrected chi connectivity index (χ3v) is 8.24. The quantitative estimate of drug-likeness (QED) is 0.175. The predicted octanol–water partition coefficient (Wildman–Crippen LogP) is 7.58. The van der Waals surface area contributed by atoms with Gasteiger partial charge in [0.2, 0.25) is 5.91 Å². The second kappa shape index (κ2) is 12.4. The minimum atomic E-state index is -1.18. The number of hydrogen-bond acceptors (Lipinski definition) is 6. The van der Waals surface area contributed by atoms with Gasteiger partial charge in [0.25, 0.3) is 5.91 Å². The Bertz CT molecular complexity index is 1510. The second-order valence-electron chi connectivity index (χ2n) is 8.00. The number of rotatable bonds is 9. The van der Waals surface area contributed by atoms with Crippen LogP contribution < -0.4 is 10.6 Å². The summed E-state index contributed by atoms with van der Waals surface area (Å²) in [4.78, 5) is 42.4. The highest BCUT2D eigenvalue weighted by Gasteiger charge is 2.21. The van der Waals surface area contributed by atoms with Crippen LogP contribution >= 0.6 is 46.3 Å². The molecular weight excluding hydrogens is 565 g/mol. The van der Waals surface area contributed by atoms with Crippen molar-refractivity contribution in [1.29, 1.82) is 0 Å². The van der Waals surface area contributed by atoms with Crippen molar-refractivity contribution in [2.24, 2.45) is 0 Å². The van der Waals surface area contributed by atoms with E-state index in [0.29, 0.717) is 33.0 Å². The number of carboxylic acids is 1. The van der Waals surface area contributed by atoms with Gasteiger partial charge in [-0.05, 0) is 48.9 Å².